The van der Waals surface area contributed by atoms with Crippen molar-refractivity contribution in [1.29, 1.82) is 0 Å². The van der Waals surface area contributed by atoms with Gasteiger partial charge in [-0.1, -0.05) is 24.2 Å². The molecule has 0 fully saturated rings. The number of nitrogens with zero attached hydrogens (tertiary/aromatic N) is 2. The van der Waals surface area contributed by atoms with Crippen LogP contribution in [-0.4, -0.2) is 16.2 Å². The largest absolute Gasteiger partial charge is 0.334 e. The fraction of sp³-hybridized carbons (Fsp3) is 0.385. The summed E-state index contributed by atoms with van der Waals surface area (Å²) in [6, 6.07) is 6.14. The van der Waals surface area contributed by atoms with E-state index in [4.69, 9.17) is 10.3 Å². The molecule has 1 atom stereocenters. The summed E-state index contributed by atoms with van der Waals surface area (Å²) in [5, 5.41) is 3.98. The predicted octanol–water partition coefficient (Wildman–Crippen LogP) is 2.93. The van der Waals surface area contributed by atoms with Gasteiger partial charge in [-0.05, 0) is 47.6 Å². The Morgan fingerprint density at radius 2 is 2.22 bits per heavy atom. The van der Waals surface area contributed by atoms with Gasteiger partial charge < -0.3 is 10.3 Å². The van der Waals surface area contributed by atoms with Gasteiger partial charge >= 0.3 is 0 Å². The Morgan fingerprint density at radius 1 is 1.44 bits per heavy atom. The van der Waals surface area contributed by atoms with Crippen LogP contribution in [0.5, 0.6) is 0 Å². The molecule has 0 radical (unpaired) electrons. The zero-order chi connectivity index (χ0) is 13.1. The van der Waals surface area contributed by atoms with Crippen molar-refractivity contribution in [3.8, 4) is 11.5 Å². The first-order valence-corrected chi connectivity index (χ1v) is 7.03. The second kappa shape index (κ2) is 5.79. The standard InChI is InChI=1S/C13H16IN3O/c1-3-9(15)7-11-16-13(18-17-11)10-6-4-5-8(2)12(10)14/h4-6,9H,3,7,15H2,1-2H3. The molecular formula is C13H16IN3O. The lowest BCUT2D eigenvalue weighted by Gasteiger charge is -2.03. The highest BCUT2D eigenvalue weighted by molar-refractivity contribution is 14.1. The molecule has 0 aliphatic heterocycles. The minimum atomic E-state index is 0.0898. The van der Waals surface area contributed by atoms with Gasteiger partial charge in [-0.3, -0.25) is 0 Å². The maximum absolute atomic E-state index is 5.88. The Hall–Kier alpha value is -0.950. The second-order valence-electron chi connectivity index (χ2n) is 4.32. The van der Waals surface area contributed by atoms with Crippen LogP contribution in [0.25, 0.3) is 11.5 Å². The van der Waals surface area contributed by atoms with E-state index in [0.29, 0.717) is 18.1 Å². The van der Waals surface area contributed by atoms with Crippen molar-refractivity contribution >= 4 is 22.6 Å². The van der Waals surface area contributed by atoms with Crippen molar-refractivity contribution in [2.24, 2.45) is 5.73 Å². The molecule has 4 nitrogen and oxygen atoms in total. The Labute approximate surface area is 120 Å². The van der Waals surface area contributed by atoms with Crippen molar-refractivity contribution < 1.29 is 4.52 Å². The third-order valence-electron chi connectivity index (χ3n) is 2.86. The van der Waals surface area contributed by atoms with Crippen molar-refractivity contribution in [3.63, 3.8) is 0 Å². The molecule has 0 aliphatic rings. The highest BCUT2D eigenvalue weighted by atomic mass is 127. The molecule has 0 amide bonds. The van der Waals surface area contributed by atoms with Crippen molar-refractivity contribution in [2.45, 2.75) is 32.7 Å². The minimum Gasteiger partial charge on any atom is -0.334 e. The minimum absolute atomic E-state index is 0.0898. The van der Waals surface area contributed by atoms with Gasteiger partial charge in [-0.2, -0.15) is 4.98 Å². The number of aromatic nitrogens is 2. The van der Waals surface area contributed by atoms with E-state index >= 15 is 0 Å². The number of benzene rings is 1. The van der Waals surface area contributed by atoms with Crippen LogP contribution in [0.1, 0.15) is 24.7 Å². The van der Waals surface area contributed by atoms with Gasteiger partial charge in [0.25, 0.3) is 5.89 Å². The molecule has 2 aromatic rings. The third-order valence-corrected chi connectivity index (χ3v) is 4.29. The van der Waals surface area contributed by atoms with E-state index in [1.165, 1.54) is 5.56 Å². The topological polar surface area (TPSA) is 64.9 Å². The van der Waals surface area contributed by atoms with Gasteiger partial charge in [-0.25, -0.2) is 0 Å². The van der Waals surface area contributed by atoms with Gasteiger partial charge in [0.1, 0.15) is 0 Å². The van der Waals surface area contributed by atoms with Crippen molar-refractivity contribution in [1.82, 2.24) is 10.1 Å². The average Bonchev–Trinajstić information content (AvgIpc) is 2.80. The summed E-state index contributed by atoms with van der Waals surface area (Å²) in [5.74, 6) is 1.25. The molecular weight excluding hydrogens is 341 g/mol. The summed E-state index contributed by atoms with van der Waals surface area (Å²) >= 11 is 2.30. The smallest absolute Gasteiger partial charge is 0.259 e. The first kappa shape index (κ1) is 13.5. The maximum atomic E-state index is 5.88. The number of hydrogen-bond donors (Lipinski definition) is 1. The molecule has 18 heavy (non-hydrogen) atoms. The van der Waals surface area contributed by atoms with Crippen LogP contribution in [0.3, 0.4) is 0 Å². The lowest BCUT2D eigenvalue weighted by molar-refractivity contribution is 0.419. The van der Waals surface area contributed by atoms with Gasteiger partial charge in [0.15, 0.2) is 5.82 Å². The molecule has 2 rings (SSSR count). The van der Waals surface area contributed by atoms with Crippen LogP contribution < -0.4 is 5.73 Å². The van der Waals surface area contributed by atoms with Crippen LogP contribution in [0, 0.1) is 10.5 Å². The molecule has 0 aliphatic carbocycles. The van der Waals surface area contributed by atoms with Gasteiger partial charge in [0, 0.05) is 16.0 Å². The van der Waals surface area contributed by atoms with Gasteiger partial charge in [0.05, 0.1) is 5.56 Å². The number of nitrogens with two attached hydrogens (primary N) is 1. The van der Waals surface area contributed by atoms with E-state index in [-0.39, 0.29) is 6.04 Å². The Kier molecular flexibility index (Phi) is 4.34. The van der Waals surface area contributed by atoms with Crippen molar-refractivity contribution in [2.75, 3.05) is 0 Å². The summed E-state index contributed by atoms with van der Waals surface area (Å²) in [5.41, 5.74) is 8.08. The quantitative estimate of drug-likeness (QED) is 0.855. The SMILES string of the molecule is CCC(N)Cc1noc(-c2cccc(C)c2I)n1. The van der Waals surface area contributed by atoms with E-state index in [0.717, 1.165) is 15.6 Å². The summed E-state index contributed by atoms with van der Waals surface area (Å²) in [7, 11) is 0. The van der Waals surface area contributed by atoms with Crippen LogP contribution in [0.2, 0.25) is 0 Å². The zero-order valence-electron chi connectivity index (χ0n) is 10.5. The number of aryl methyl sites for hydroxylation is 1. The first-order chi connectivity index (χ1) is 8.61. The number of hydrogen-bond acceptors (Lipinski definition) is 4. The fourth-order valence-corrected chi connectivity index (χ4v) is 2.23. The van der Waals surface area contributed by atoms with E-state index in [2.05, 4.69) is 52.6 Å². The third kappa shape index (κ3) is 2.89. The highest BCUT2D eigenvalue weighted by Gasteiger charge is 2.14. The van der Waals surface area contributed by atoms with E-state index in [9.17, 15) is 0 Å². The molecule has 0 spiro atoms. The second-order valence-corrected chi connectivity index (χ2v) is 5.40. The van der Waals surface area contributed by atoms with Gasteiger partial charge in [0.2, 0.25) is 0 Å². The predicted molar refractivity (Wildman–Crippen MR) is 79.2 cm³/mol. The van der Waals surface area contributed by atoms with E-state index in [1.807, 2.05) is 12.1 Å². The Morgan fingerprint density at radius 3 is 2.94 bits per heavy atom. The summed E-state index contributed by atoms with van der Waals surface area (Å²) < 4.78 is 6.45. The lowest BCUT2D eigenvalue weighted by Crippen LogP contribution is -2.21. The van der Waals surface area contributed by atoms with Gasteiger partial charge in [-0.15, -0.1) is 0 Å². The fourth-order valence-electron chi connectivity index (χ4n) is 1.64. The monoisotopic (exact) mass is 357 g/mol. The van der Waals surface area contributed by atoms with Crippen LogP contribution in [0.4, 0.5) is 0 Å². The molecule has 1 aromatic heterocycles. The molecule has 0 saturated heterocycles. The highest BCUT2D eigenvalue weighted by Crippen LogP contribution is 2.26. The molecule has 1 unspecified atom stereocenters. The molecule has 0 saturated carbocycles. The number of rotatable bonds is 4. The van der Waals surface area contributed by atoms with Crippen LogP contribution >= 0.6 is 22.6 Å². The Balaban J connectivity index is 2.27. The molecule has 1 aromatic carbocycles. The average molecular weight is 357 g/mol. The molecule has 5 heteroatoms. The Bertz CT molecular complexity index is 539. The van der Waals surface area contributed by atoms with E-state index < -0.39 is 0 Å². The normalized spacial score (nSPS) is 12.7. The molecule has 2 N–H and O–H groups in total. The lowest BCUT2D eigenvalue weighted by atomic mass is 10.1. The summed E-state index contributed by atoms with van der Waals surface area (Å²) in [6.45, 7) is 4.12. The summed E-state index contributed by atoms with van der Waals surface area (Å²) in [6.07, 6.45) is 1.56. The maximum Gasteiger partial charge on any atom is 0.259 e. The van der Waals surface area contributed by atoms with Crippen LogP contribution in [0.15, 0.2) is 22.7 Å². The van der Waals surface area contributed by atoms with E-state index in [1.54, 1.807) is 0 Å². The molecule has 0 bridgehead atoms. The molecule has 96 valence electrons. The zero-order valence-corrected chi connectivity index (χ0v) is 12.6. The van der Waals surface area contributed by atoms with Crippen LogP contribution in [-0.2, 0) is 6.42 Å². The first-order valence-electron chi connectivity index (χ1n) is 5.95. The number of halogens is 1. The van der Waals surface area contributed by atoms with Crippen molar-refractivity contribution in [3.05, 3.63) is 33.2 Å². The molecule has 1 heterocycles. The summed E-state index contributed by atoms with van der Waals surface area (Å²) in [4.78, 5) is 4.41.